The fourth-order valence-electron chi connectivity index (χ4n) is 2.53. The smallest absolute Gasteiger partial charge is 0.0959 e. The first-order valence-electron chi connectivity index (χ1n) is 6.00. The van der Waals surface area contributed by atoms with E-state index in [0.29, 0.717) is 6.54 Å². The predicted molar refractivity (Wildman–Crippen MR) is 64.6 cm³/mol. The van der Waals surface area contributed by atoms with Gasteiger partial charge >= 0.3 is 0 Å². The van der Waals surface area contributed by atoms with Gasteiger partial charge < -0.3 is 5.11 Å². The zero-order valence-electron chi connectivity index (χ0n) is 9.63. The summed E-state index contributed by atoms with van der Waals surface area (Å²) in [5.41, 5.74) is 4.83. The Morgan fingerprint density at radius 1 is 1.24 bits per heavy atom. The number of aliphatic hydroxyl groups excluding tert-OH is 1. The maximum absolute atomic E-state index is 9.06. The van der Waals surface area contributed by atoms with Crippen LogP contribution in [0.25, 0.3) is 11.3 Å². The molecule has 4 nitrogen and oxygen atoms in total. The van der Waals surface area contributed by atoms with Crippen LogP contribution in [0, 0.1) is 0 Å². The lowest BCUT2D eigenvalue weighted by Crippen LogP contribution is -2.07. The van der Waals surface area contributed by atoms with Gasteiger partial charge in [-0.3, -0.25) is 9.67 Å². The lowest BCUT2D eigenvalue weighted by molar-refractivity contribution is 0.267. The van der Waals surface area contributed by atoms with E-state index in [1.807, 2.05) is 16.8 Å². The molecule has 3 rings (SSSR count). The molecule has 17 heavy (non-hydrogen) atoms. The molecule has 0 saturated carbocycles. The van der Waals surface area contributed by atoms with Crippen molar-refractivity contribution in [3.05, 3.63) is 35.8 Å². The molecule has 0 amide bonds. The van der Waals surface area contributed by atoms with E-state index >= 15 is 0 Å². The number of aliphatic hydroxyl groups is 1. The molecule has 0 saturated heterocycles. The predicted octanol–water partition coefficient (Wildman–Crippen LogP) is 1.43. The van der Waals surface area contributed by atoms with Gasteiger partial charge in [0, 0.05) is 29.2 Å². The summed E-state index contributed by atoms with van der Waals surface area (Å²) in [5.74, 6) is 0. The maximum Gasteiger partial charge on any atom is 0.0959 e. The normalized spacial score (nSPS) is 13.9. The highest BCUT2D eigenvalue weighted by molar-refractivity contribution is 5.64. The number of rotatable bonds is 3. The van der Waals surface area contributed by atoms with Gasteiger partial charge in [-0.1, -0.05) is 0 Å². The second kappa shape index (κ2) is 4.30. The van der Waals surface area contributed by atoms with E-state index in [1.165, 1.54) is 17.7 Å². The summed E-state index contributed by atoms with van der Waals surface area (Å²) >= 11 is 0. The van der Waals surface area contributed by atoms with Crippen LogP contribution >= 0.6 is 0 Å². The molecule has 2 heterocycles. The minimum Gasteiger partial charge on any atom is -0.394 e. The van der Waals surface area contributed by atoms with Gasteiger partial charge in [0.15, 0.2) is 0 Å². The SMILES string of the molecule is OCCn1nc(-c2ccncc2)c2c1CCC2. The number of hydrogen-bond acceptors (Lipinski definition) is 3. The molecule has 2 aromatic heterocycles. The average Bonchev–Trinajstić information content (AvgIpc) is 2.94. The van der Waals surface area contributed by atoms with Crippen molar-refractivity contribution in [2.75, 3.05) is 6.61 Å². The number of hydrogen-bond donors (Lipinski definition) is 1. The van der Waals surface area contributed by atoms with Crippen molar-refractivity contribution < 1.29 is 5.11 Å². The Kier molecular flexibility index (Phi) is 2.65. The van der Waals surface area contributed by atoms with Crippen molar-refractivity contribution in [2.45, 2.75) is 25.8 Å². The largest absolute Gasteiger partial charge is 0.394 e. The lowest BCUT2D eigenvalue weighted by Gasteiger charge is -2.01. The van der Waals surface area contributed by atoms with Crippen molar-refractivity contribution in [1.29, 1.82) is 0 Å². The molecule has 1 aliphatic carbocycles. The summed E-state index contributed by atoms with van der Waals surface area (Å²) < 4.78 is 1.96. The Bertz CT molecular complexity index is 519. The fourth-order valence-corrected chi connectivity index (χ4v) is 2.53. The standard InChI is InChI=1S/C13H15N3O/c17-9-8-16-12-3-1-2-11(12)13(15-16)10-4-6-14-7-5-10/h4-7,17H,1-3,8-9H2. The highest BCUT2D eigenvalue weighted by Gasteiger charge is 2.22. The Hall–Kier alpha value is -1.68. The second-order valence-corrected chi connectivity index (χ2v) is 4.31. The van der Waals surface area contributed by atoms with Crippen molar-refractivity contribution in [3.8, 4) is 11.3 Å². The van der Waals surface area contributed by atoms with E-state index in [2.05, 4.69) is 10.1 Å². The van der Waals surface area contributed by atoms with Gasteiger partial charge in [-0.15, -0.1) is 0 Å². The molecule has 0 atom stereocenters. The molecule has 1 aliphatic rings. The number of nitrogens with zero attached hydrogens (tertiary/aromatic N) is 3. The Morgan fingerprint density at radius 3 is 2.82 bits per heavy atom. The zero-order chi connectivity index (χ0) is 11.7. The third-order valence-electron chi connectivity index (χ3n) is 3.27. The van der Waals surface area contributed by atoms with Crippen molar-refractivity contribution in [3.63, 3.8) is 0 Å². The summed E-state index contributed by atoms with van der Waals surface area (Å²) in [7, 11) is 0. The van der Waals surface area contributed by atoms with Crippen molar-refractivity contribution in [2.24, 2.45) is 0 Å². The number of fused-ring (bicyclic) bond motifs is 1. The third-order valence-corrected chi connectivity index (χ3v) is 3.27. The minimum absolute atomic E-state index is 0.143. The molecule has 0 aliphatic heterocycles. The van der Waals surface area contributed by atoms with Crippen LogP contribution in [0.1, 0.15) is 17.7 Å². The van der Waals surface area contributed by atoms with Crippen LogP contribution in [0.15, 0.2) is 24.5 Å². The van der Waals surface area contributed by atoms with Gasteiger partial charge in [-0.2, -0.15) is 5.10 Å². The monoisotopic (exact) mass is 229 g/mol. The Balaban J connectivity index is 2.09. The average molecular weight is 229 g/mol. The van der Waals surface area contributed by atoms with Crippen molar-refractivity contribution in [1.82, 2.24) is 14.8 Å². The molecule has 0 bridgehead atoms. The molecule has 0 aromatic carbocycles. The van der Waals surface area contributed by atoms with Gasteiger partial charge in [-0.25, -0.2) is 0 Å². The lowest BCUT2D eigenvalue weighted by atomic mass is 10.1. The molecule has 0 unspecified atom stereocenters. The molecule has 4 heteroatoms. The van der Waals surface area contributed by atoms with Gasteiger partial charge in [0.05, 0.1) is 18.8 Å². The molecular weight excluding hydrogens is 214 g/mol. The van der Waals surface area contributed by atoms with E-state index in [0.717, 1.165) is 24.1 Å². The third kappa shape index (κ3) is 1.74. The molecule has 88 valence electrons. The van der Waals surface area contributed by atoms with E-state index in [9.17, 15) is 0 Å². The van der Waals surface area contributed by atoms with E-state index in [4.69, 9.17) is 5.11 Å². The number of aromatic nitrogens is 3. The molecule has 2 aromatic rings. The van der Waals surface area contributed by atoms with Gasteiger partial charge in [0.2, 0.25) is 0 Å². The molecule has 0 fully saturated rings. The van der Waals surface area contributed by atoms with Crippen LogP contribution in [0.4, 0.5) is 0 Å². The van der Waals surface area contributed by atoms with Gasteiger partial charge in [0.1, 0.15) is 0 Å². The van der Waals surface area contributed by atoms with Crippen LogP contribution in [0.3, 0.4) is 0 Å². The zero-order valence-corrected chi connectivity index (χ0v) is 9.63. The highest BCUT2D eigenvalue weighted by Crippen LogP contribution is 2.31. The van der Waals surface area contributed by atoms with Crippen LogP contribution in [-0.2, 0) is 19.4 Å². The summed E-state index contributed by atoms with van der Waals surface area (Å²) in [6.07, 6.45) is 6.95. The fraction of sp³-hybridized carbons (Fsp3) is 0.385. The topological polar surface area (TPSA) is 50.9 Å². The van der Waals surface area contributed by atoms with Crippen LogP contribution in [0.5, 0.6) is 0 Å². The van der Waals surface area contributed by atoms with Gasteiger partial charge in [-0.05, 0) is 31.4 Å². The molecular formula is C13H15N3O. The quantitative estimate of drug-likeness (QED) is 0.866. The first kappa shape index (κ1) is 10.5. The minimum atomic E-state index is 0.143. The van der Waals surface area contributed by atoms with Gasteiger partial charge in [0.25, 0.3) is 0 Å². The van der Waals surface area contributed by atoms with E-state index < -0.39 is 0 Å². The maximum atomic E-state index is 9.06. The summed E-state index contributed by atoms with van der Waals surface area (Å²) in [6, 6.07) is 3.98. The van der Waals surface area contributed by atoms with Crippen molar-refractivity contribution >= 4 is 0 Å². The molecule has 0 spiro atoms. The van der Waals surface area contributed by atoms with E-state index in [-0.39, 0.29) is 6.61 Å². The Morgan fingerprint density at radius 2 is 2.06 bits per heavy atom. The summed E-state index contributed by atoms with van der Waals surface area (Å²) in [6.45, 7) is 0.733. The first-order valence-corrected chi connectivity index (χ1v) is 6.00. The van der Waals surface area contributed by atoms with Crippen LogP contribution in [0.2, 0.25) is 0 Å². The summed E-state index contributed by atoms with van der Waals surface area (Å²) in [4.78, 5) is 4.03. The molecule has 0 radical (unpaired) electrons. The first-order chi connectivity index (χ1) is 8.40. The van der Waals surface area contributed by atoms with E-state index in [1.54, 1.807) is 12.4 Å². The molecule has 1 N–H and O–H groups in total. The number of pyridine rings is 1. The summed E-state index contributed by atoms with van der Waals surface area (Å²) in [5, 5.41) is 13.7. The van der Waals surface area contributed by atoms with Crippen LogP contribution < -0.4 is 0 Å². The Labute approximate surface area is 99.9 Å². The highest BCUT2D eigenvalue weighted by atomic mass is 16.3. The second-order valence-electron chi connectivity index (χ2n) is 4.31. The van der Waals surface area contributed by atoms with Crippen LogP contribution in [-0.4, -0.2) is 26.5 Å².